The molecule has 36 heavy (non-hydrogen) atoms. The van der Waals surface area contributed by atoms with Crippen LogP contribution in [-0.4, -0.2) is 39.4 Å². The van der Waals surface area contributed by atoms with Crippen molar-refractivity contribution in [2.24, 2.45) is 0 Å². The Hall–Kier alpha value is -2.78. The summed E-state index contributed by atoms with van der Waals surface area (Å²) in [5, 5.41) is 3.39. The molecular weight excluding hydrogens is 523 g/mol. The Morgan fingerprint density at radius 3 is 2.11 bits per heavy atom. The Kier molecular flexibility index (Phi) is 8.89. The fourth-order valence-corrected chi connectivity index (χ4v) is 6.16. The first-order valence-corrected chi connectivity index (χ1v) is 13.2. The summed E-state index contributed by atoms with van der Waals surface area (Å²) in [7, 11) is -1.06. The van der Waals surface area contributed by atoms with Gasteiger partial charge in [-0.1, -0.05) is 47.0 Å². The van der Waals surface area contributed by atoms with E-state index >= 15 is 0 Å². The van der Waals surface area contributed by atoms with Crippen molar-refractivity contribution in [3.63, 3.8) is 0 Å². The fourth-order valence-electron chi connectivity index (χ4n) is 4.04. The molecule has 1 N–H and O–H groups in total. The lowest BCUT2D eigenvalue weighted by Crippen LogP contribution is -2.38. The molecule has 0 fully saturated rings. The van der Waals surface area contributed by atoms with E-state index in [-0.39, 0.29) is 11.4 Å². The smallest absolute Gasteiger partial charge is 0.244 e. The number of hydrogen-bond donors (Lipinski definition) is 1. The van der Waals surface area contributed by atoms with Crippen molar-refractivity contribution in [2.75, 3.05) is 26.1 Å². The second-order valence-corrected chi connectivity index (χ2v) is 11.1. The van der Waals surface area contributed by atoms with E-state index in [2.05, 4.69) is 5.32 Å². The number of halogens is 2. The highest BCUT2D eigenvalue weighted by atomic mass is 35.5. The topological polar surface area (TPSA) is 84.9 Å². The van der Waals surface area contributed by atoms with Crippen LogP contribution in [0.25, 0.3) is 0 Å². The van der Waals surface area contributed by atoms with Gasteiger partial charge in [-0.25, -0.2) is 8.42 Å². The molecule has 0 aromatic heterocycles. The highest BCUT2D eigenvalue weighted by molar-refractivity contribution is 7.89. The molecule has 3 aromatic rings. The maximum absolute atomic E-state index is 13.9. The summed E-state index contributed by atoms with van der Waals surface area (Å²) in [6.07, 6.45) is 0. The second kappa shape index (κ2) is 11.5. The van der Waals surface area contributed by atoms with E-state index in [4.69, 9.17) is 32.7 Å². The molecule has 3 aromatic carbocycles. The van der Waals surface area contributed by atoms with E-state index in [1.54, 1.807) is 62.4 Å². The van der Waals surface area contributed by atoms with Gasteiger partial charge >= 0.3 is 0 Å². The van der Waals surface area contributed by atoms with Crippen LogP contribution in [0.2, 0.25) is 10.0 Å². The van der Waals surface area contributed by atoms with Crippen LogP contribution >= 0.6 is 23.2 Å². The Bertz CT molecular complexity index is 1370. The zero-order valence-electron chi connectivity index (χ0n) is 20.7. The Labute approximate surface area is 222 Å². The molecule has 0 heterocycles. The highest BCUT2D eigenvalue weighted by Gasteiger charge is 2.30. The van der Waals surface area contributed by atoms with Gasteiger partial charge in [-0.3, -0.25) is 4.79 Å². The van der Waals surface area contributed by atoms with Crippen LogP contribution in [0.1, 0.15) is 22.3 Å². The quantitative estimate of drug-likeness (QED) is 0.365. The van der Waals surface area contributed by atoms with Gasteiger partial charge in [0.1, 0.15) is 0 Å². The van der Waals surface area contributed by atoms with Gasteiger partial charge in [0.25, 0.3) is 0 Å². The van der Waals surface area contributed by atoms with Crippen molar-refractivity contribution in [3.05, 3.63) is 80.8 Å². The predicted octanol–water partition coefficient (Wildman–Crippen LogP) is 5.77. The van der Waals surface area contributed by atoms with Crippen LogP contribution < -0.4 is 14.8 Å². The second-order valence-electron chi connectivity index (χ2n) is 8.37. The lowest BCUT2D eigenvalue weighted by atomic mass is 10.1. The van der Waals surface area contributed by atoms with E-state index in [1.807, 2.05) is 6.92 Å². The number of sulfonamides is 1. The summed E-state index contributed by atoms with van der Waals surface area (Å²) in [6, 6.07) is 13.4. The van der Waals surface area contributed by atoms with E-state index in [0.29, 0.717) is 43.9 Å². The minimum atomic E-state index is -4.06. The van der Waals surface area contributed by atoms with Crippen molar-refractivity contribution in [2.45, 2.75) is 32.2 Å². The fraction of sp³-hybridized carbons (Fsp3) is 0.269. The first-order chi connectivity index (χ1) is 17.0. The number of anilines is 1. The van der Waals surface area contributed by atoms with Crippen molar-refractivity contribution in [1.29, 1.82) is 0 Å². The lowest BCUT2D eigenvalue weighted by molar-refractivity contribution is -0.116. The summed E-state index contributed by atoms with van der Waals surface area (Å²) in [4.78, 5) is 13.2. The standard InChI is InChI=1S/C26H28Cl2N2O5S/c1-16-10-17(2)26(18(3)11-16)36(32,33)30(14-19-6-8-21(27)22(28)12-19)15-25(31)29-20-7-9-23(34-4)24(13-20)35-5/h6-13H,14-15H2,1-5H3,(H,29,31). The molecule has 0 saturated heterocycles. The minimum absolute atomic E-state index is 0.0780. The number of aryl methyl sites for hydroxylation is 3. The number of nitrogens with zero attached hydrogens (tertiary/aromatic N) is 1. The number of amides is 1. The molecule has 0 atom stereocenters. The molecule has 0 saturated carbocycles. The van der Waals surface area contributed by atoms with Crippen LogP contribution in [-0.2, 0) is 21.4 Å². The van der Waals surface area contributed by atoms with Gasteiger partial charge in [0.05, 0.1) is 35.7 Å². The monoisotopic (exact) mass is 550 g/mol. The summed E-state index contributed by atoms with van der Waals surface area (Å²) >= 11 is 12.2. The van der Waals surface area contributed by atoms with Crippen molar-refractivity contribution < 1.29 is 22.7 Å². The zero-order valence-corrected chi connectivity index (χ0v) is 23.0. The molecule has 1 amide bonds. The molecule has 0 spiro atoms. The van der Waals surface area contributed by atoms with Gasteiger partial charge in [0.15, 0.2) is 11.5 Å². The van der Waals surface area contributed by atoms with Crippen LogP contribution in [0.3, 0.4) is 0 Å². The molecule has 7 nitrogen and oxygen atoms in total. The summed E-state index contributed by atoms with van der Waals surface area (Å²) in [6.45, 7) is 4.89. The van der Waals surface area contributed by atoms with Gasteiger partial charge in [0, 0.05) is 18.3 Å². The molecule has 0 bridgehead atoms. The molecule has 0 unspecified atom stereocenters. The van der Waals surface area contributed by atoms with Crippen molar-refractivity contribution in [1.82, 2.24) is 4.31 Å². The Morgan fingerprint density at radius 1 is 0.889 bits per heavy atom. The molecule has 0 aliphatic heterocycles. The molecule has 192 valence electrons. The van der Waals surface area contributed by atoms with Gasteiger partial charge < -0.3 is 14.8 Å². The van der Waals surface area contributed by atoms with E-state index in [9.17, 15) is 13.2 Å². The number of carbonyl (C=O) groups excluding carboxylic acids is 1. The molecule has 0 radical (unpaired) electrons. The number of rotatable bonds is 9. The van der Waals surface area contributed by atoms with Crippen molar-refractivity contribution in [3.8, 4) is 11.5 Å². The van der Waals surface area contributed by atoms with E-state index < -0.39 is 22.5 Å². The number of ether oxygens (including phenoxy) is 2. The Balaban J connectivity index is 1.97. The number of nitrogens with one attached hydrogen (secondary N) is 1. The van der Waals surface area contributed by atoms with Crippen LogP contribution in [0.4, 0.5) is 5.69 Å². The van der Waals surface area contributed by atoms with Gasteiger partial charge in [-0.05, 0) is 61.7 Å². The predicted molar refractivity (Wildman–Crippen MR) is 143 cm³/mol. The maximum Gasteiger partial charge on any atom is 0.244 e. The third kappa shape index (κ3) is 6.31. The molecule has 0 aliphatic rings. The molecule has 3 rings (SSSR count). The zero-order chi connectivity index (χ0) is 26.6. The molecule has 0 aliphatic carbocycles. The number of carbonyl (C=O) groups is 1. The third-order valence-electron chi connectivity index (χ3n) is 5.53. The SMILES string of the molecule is COc1ccc(NC(=O)CN(Cc2ccc(Cl)c(Cl)c2)S(=O)(=O)c2c(C)cc(C)cc2C)cc1OC. The van der Waals surface area contributed by atoms with E-state index in [0.717, 1.165) is 9.87 Å². The molecule has 10 heteroatoms. The average molecular weight is 551 g/mol. The maximum atomic E-state index is 13.9. The Morgan fingerprint density at radius 2 is 1.53 bits per heavy atom. The van der Waals surface area contributed by atoms with Crippen LogP contribution in [0.15, 0.2) is 53.4 Å². The van der Waals surface area contributed by atoms with Gasteiger partial charge in [0.2, 0.25) is 15.9 Å². The summed E-state index contributed by atoms with van der Waals surface area (Å²) in [5.74, 6) is 0.416. The average Bonchev–Trinajstić information content (AvgIpc) is 2.80. The normalized spacial score (nSPS) is 11.4. The minimum Gasteiger partial charge on any atom is -0.493 e. The largest absolute Gasteiger partial charge is 0.493 e. The number of hydrogen-bond acceptors (Lipinski definition) is 5. The lowest BCUT2D eigenvalue weighted by Gasteiger charge is -2.24. The van der Waals surface area contributed by atoms with Crippen LogP contribution in [0, 0.1) is 20.8 Å². The highest BCUT2D eigenvalue weighted by Crippen LogP contribution is 2.31. The molecular formula is C26H28Cl2N2O5S. The number of benzene rings is 3. The van der Waals surface area contributed by atoms with Gasteiger partial charge in [-0.2, -0.15) is 4.31 Å². The van der Waals surface area contributed by atoms with E-state index in [1.165, 1.54) is 14.2 Å². The summed E-state index contributed by atoms with van der Waals surface area (Å²) in [5.41, 5.74) is 3.19. The van der Waals surface area contributed by atoms with Crippen molar-refractivity contribution >= 4 is 44.8 Å². The van der Waals surface area contributed by atoms with Gasteiger partial charge in [-0.15, -0.1) is 0 Å². The third-order valence-corrected chi connectivity index (χ3v) is 8.37. The first-order valence-electron chi connectivity index (χ1n) is 11.0. The van der Waals surface area contributed by atoms with Crippen LogP contribution in [0.5, 0.6) is 11.5 Å². The first kappa shape index (κ1) is 27.8. The summed E-state index contributed by atoms with van der Waals surface area (Å²) < 4.78 is 39.4. The number of methoxy groups -OCH3 is 2.